The van der Waals surface area contributed by atoms with Crippen LogP contribution in [0.1, 0.15) is 95.5 Å². The summed E-state index contributed by atoms with van der Waals surface area (Å²) in [7, 11) is 1.38. The van der Waals surface area contributed by atoms with Crippen LogP contribution in [0.15, 0.2) is 24.3 Å². The van der Waals surface area contributed by atoms with E-state index in [0.717, 1.165) is 42.4 Å². The monoisotopic (exact) mass is 430 g/mol. The molecular formula is C28H40F2O. The van der Waals surface area contributed by atoms with E-state index >= 15 is 0 Å². The van der Waals surface area contributed by atoms with Crippen molar-refractivity contribution in [3.05, 3.63) is 41.5 Å². The van der Waals surface area contributed by atoms with E-state index in [9.17, 15) is 8.78 Å². The zero-order chi connectivity index (χ0) is 21.8. The van der Waals surface area contributed by atoms with Crippen LogP contribution < -0.4 is 4.74 Å². The van der Waals surface area contributed by atoms with Gasteiger partial charge in [0.25, 0.3) is 0 Å². The fourth-order valence-electron chi connectivity index (χ4n) is 7.09. The Hall–Kier alpha value is -1.38. The normalized spacial score (nSPS) is 34.7. The second-order valence-corrected chi connectivity index (χ2v) is 10.5. The number of hydrogen-bond donors (Lipinski definition) is 0. The molecule has 1 aromatic carbocycles. The summed E-state index contributed by atoms with van der Waals surface area (Å²) in [6.07, 6.45) is 20.2. The molecule has 3 saturated carbocycles. The van der Waals surface area contributed by atoms with Crippen molar-refractivity contribution >= 4 is 0 Å². The van der Waals surface area contributed by atoms with E-state index in [1.54, 1.807) is 12.1 Å². The summed E-state index contributed by atoms with van der Waals surface area (Å²) in [5, 5.41) is 0. The van der Waals surface area contributed by atoms with Crippen LogP contribution in [-0.2, 0) is 0 Å². The fourth-order valence-corrected chi connectivity index (χ4v) is 7.09. The molecule has 0 atom stereocenters. The van der Waals surface area contributed by atoms with Gasteiger partial charge in [0.1, 0.15) is 0 Å². The maximum Gasteiger partial charge on any atom is 0.200 e. The second-order valence-electron chi connectivity index (χ2n) is 10.5. The van der Waals surface area contributed by atoms with Crippen LogP contribution in [0.5, 0.6) is 5.75 Å². The average molecular weight is 431 g/mol. The van der Waals surface area contributed by atoms with E-state index in [1.807, 2.05) is 0 Å². The van der Waals surface area contributed by atoms with E-state index in [-0.39, 0.29) is 11.7 Å². The summed E-state index contributed by atoms with van der Waals surface area (Å²) in [6, 6.07) is 3.31. The number of methoxy groups -OCH3 is 1. The summed E-state index contributed by atoms with van der Waals surface area (Å²) in [4.78, 5) is 0. The Labute approximate surface area is 187 Å². The standard InChI is InChI=1S/C28H40F2O/c1-3-4-19-5-7-20(8-6-19)21-9-11-22(12-10-21)23-13-15-24(16-14-23)25-17-18-26(31-2)28(30)27(25)29/h3-4,17-24H,5-16H2,1-2H3. The van der Waals surface area contributed by atoms with E-state index in [4.69, 9.17) is 4.74 Å². The molecule has 3 fully saturated rings. The fraction of sp³-hybridized carbons (Fsp3) is 0.714. The van der Waals surface area contributed by atoms with Crippen molar-refractivity contribution in [2.24, 2.45) is 29.6 Å². The van der Waals surface area contributed by atoms with Gasteiger partial charge in [-0.2, -0.15) is 4.39 Å². The number of halogens is 2. The minimum Gasteiger partial charge on any atom is -0.494 e. The van der Waals surface area contributed by atoms with Gasteiger partial charge >= 0.3 is 0 Å². The maximum absolute atomic E-state index is 14.5. The minimum absolute atomic E-state index is 0.00186. The Kier molecular flexibility index (Phi) is 7.72. The molecular weight excluding hydrogens is 390 g/mol. The van der Waals surface area contributed by atoms with Crippen LogP contribution in [0.3, 0.4) is 0 Å². The molecule has 0 bridgehead atoms. The Morgan fingerprint density at radius 1 is 0.710 bits per heavy atom. The minimum atomic E-state index is -0.833. The zero-order valence-electron chi connectivity index (χ0n) is 19.4. The molecule has 0 amide bonds. The Balaban J connectivity index is 1.24. The number of benzene rings is 1. The Morgan fingerprint density at radius 2 is 1.19 bits per heavy atom. The van der Waals surface area contributed by atoms with Crippen LogP contribution in [0.4, 0.5) is 8.78 Å². The lowest BCUT2D eigenvalue weighted by Crippen LogP contribution is -2.29. The van der Waals surface area contributed by atoms with Crippen LogP contribution >= 0.6 is 0 Å². The smallest absolute Gasteiger partial charge is 0.200 e. The van der Waals surface area contributed by atoms with E-state index in [2.05, 4.69) is 19.1 Å². The summed E-state index contributed by atoms with van der Waals surface area (Å²) < 4.78 is 33.6. The summed E-state index contributed by atoms with van der Waals surface area (Å²) in [5.41, 5.74) is 0.550. The van der Waals surface area contributed by atoms with Crippen LogP contribution in [0, 0.1) is 41.2 Å². The summed E-state index contributed by atoms with van der Waals surface area (Å²) in [5.74, 6) is 3.01. The van der Waals surface area contributed by atoms with Crippen molar-refractivity contribution in [3.63, 3.8) is 0 Å². The lowest BCUT2D eigenvalue weighted by Gasteiger charge is -2.41. The van der Waals surface area contributed by atoms with Crippen molar-refractivity contribution in [3.8, 4) is 5.75 Å². The molecule has 0 N–H and O–H groups in total. The molecule has 0 radical (unpaired) electrons. The first-order valence-electron chi connectivity index (χ1n) is 12.7. The third kappa shape index (κ3) is 5.17. The summed E-state index contributed by atoms with van der Waals surface area (Å²) in [6.45, 7) is 2.15. The lowest BCUT2D eigenvalue weighted by atomic mass is 9.64. The van der Waals surface area contributed by atoms with Crippen molar-refractivity contribution < 1.29 is 13.5 Å². The molecule has 0 saturated heterocycles. The third-order valence-corrected chi connectivity index (χ3v) is 8.94. The molecule has 0 spiro atoms. The quantitative estimate of drug-likeness (QED) is 0.426. The first kappa shape index (κ1) is 22.8. The lowest BCUT2D eigenvalue weighted by molar-refractivity contribution is 0.114. The Bertz CT molecular complexity index is 734. The van der Waals surface area contributed by atoms with E-state index in [1.165, 1.54) is 71.3 Å². The number of ether oxygens (including phenoxy) is 1. The highest BCUT2D eigenvalue weighted by Crippen LogP contribution is 2.47. The zero-order valence-corrected chi connectivity index (χ0v) is 19.4. The van der Waals surface area contributed by atoms with E-state index < -0.39 is 11.6 Å². The third-order valence-electron chi connectivity index (χ3n) is 8.94. The van der Waals surface area contributed by atoms with Gasteiger partial charge in [-0.15, -0.1) is 0 Å². The van der Waals surface area contributed by atoms with Crippen molar-refractivity contribution in [2.75, 3.05) is 7.11 Å². The molecule has 3 aliphatic rings. The van der Waals surface area contributed by atoms with Crippen LogP contribution in [0.2, 0.25) is 0 Å². The summed E-state index contributed by atoms with van der Waals surface area (Å²) >= 11 is 0. The Morgan fingerprint density at radius 3 is 1.68 bits per heavy atom. The molecule has 1 aromatic rings. The molecule has 0 heterocycles. The predicted molar refractivity (Wildman–Crippen MR) is 123 cm³/mol. The van der Waals surface area contributed by atoms with Gasteiger partial charge in [-0.1, -0.05) is 18.2 Å². The molecule has 31 heavy (non-hydrogen) atoms. The van der Waals surface area contributed by atoms with Gasteiger partial charge in [-0.25, -0.2) is 4.39 Å². The molecule has 3 aliphatic carbocycles. The molecule has 0 aromatic heterocycles. The van der Waals surface area contributed by atoms with E-state index in [0.29, 0.717) is 5.56 Å². The molecule has 0 aliphatic heterocycles. The second kappa shape index (κ2) is 10.5. The maximum atomic E-state index is 14.5. The first-order chi connectivity index (χ1) is 15.1. The van der Waals surface area contributed by atoms with Gasteiger partial charge in [0, 0.05) is 0 Å². The van der Waals surface area contributed by atoms with Gasteiger partial charge in [-0.05, 0) is 131 Å². The van der Waals surface area contributed by atoms with Crippen molar-refractivity contribution in [1.29, 1.82) is 0 Å². The van der Waals surface area contributed by atoms with Gasteiger partial charge in [0.15, 0.2) is 11.6 Å². The molecule has 4 rings (SSSR count). The SMILES string of the molecule is CC=CC1CCC(C2CCC(C3CCC(c4ccc(OC)c(F)c4F)CC3)CC2)CC1. The van der Waals surface area contributed by atoms with Gasteiger partial charge in [-0.3, -0.25) is 0 Å². The van der Waals surface area contributed by atoms with Gasteiger partial charge in [0.2, 0.25) is 5.82 Å². The average Bonchev–Trinajstić information content (AvgIpc) is 2.82. The molecule has 0 unspecified atom stereocenters. The molecule has 172 valence electrons. The largest absolute Gasteiger partial charge is 0.494 e. The van der Waals surface area contributed by atoms with Crippen molar-refractivity contribution in [1.82, 2.24) is 0 Å². The highest BCUT2D eigenvalue weighted by Gasteiger charge is 2.35. The van der Waals surface area contributed by atoms with Gasteiger partial charge in [0.05, 0.1) is 7.11 Å². The van der Waals surface area contributed by atoms with Gasteiger partial charge < -0.3 is 4.74 Å². The highest BCUT2D eigenvalue weighted by molar-refractivity contribution is 5.33. The topological polar surface area (TPSA) is 9.23 Å². The van der Waals surface area contributed by atoms with Crippen LogP contribution in [0.25, 0.3) is 0 Å². The predicted octanol–water partition coefficient (Wildman–Crippen LogP) is 8.44. The number of rotatable bonds is 5. The number of hydrogen-bond acceptors (Lipinski definition) is 1. The van der Waals surface area contributed by atoms with Crippen molar-refractivity contribution in [2.45, 2.75) is 89.9 Å². The number of allylic oxidation sites excluding steroid dienone is 2. The first-order valence-corrected chi connectivity index (χ1v) is 12.7. The molecule has 1 nitrogen and oxygen atoms in total. The molecule has 3 heteroatoms. The highest BCUT2D eigenvalue weighted by atomic mass is 19.2. The van der Waals surface area contributed by atoms with Crippen LogP contribution in [-0.4, -0.2) is 7.11 Å².